The molecule has 8 heteroatoms. The van der Waals surface area contributed by atoms with Gasteiger partial charge in [-0.15, -0.1) is 0 Å². The van der Waals surface area contributed by atoms with Crippen molar-refractivity contribution in [2.45, 2.75) is 12.8 Å². The van der Waals surface area contributed by atoms with Gasteiger partial charge < -0.3 is 15.0 Å². The number of anilines is 2. The van der Waals surface area contributed by atoms with Crippen LogP contribution in [0.5, 0.6) is 5.88 Å². The van der Waals surface area contributed by atoms with Gasteiger partial charge in [0.05, 0.1) is 18.1 Å². The van der Waals surface area contributed by atoms with E-state index in [1.807, 2.05) is 4.90 Å². The summed E-state index contributed by atoms with van der Waals surface area (Å²) in [5.41, 5.74) is 0. The first-order valence-corrected chi connectivity index (χ1v) is 8.08. The van der Waals surface area contributed by atoms with E-state index >= 15 is 0 Å². The zero-order valence-corrected chi connectivity index (χ0v) is 14.0. The molecule has 1 N–H and O–H groups in total. The Morgan fingerprint density at radius 2 is 2.25 bits per heavy atom. The van der Waals surface area contributed by atoms with Crippen LogP contribution in [-0.4, -0.2) is 41.1 Å². The standard InChI is InChI=1S/C16H18ClN5O2/c1-24-14-6-7-18-16(21-14)22-8-2-3-11(10-22)15(23)20-13-5-4-12(17)9-19-13/h4-7,9,11H,2-3,8,10H2,1H3,(H,19,20,23)/t11-/m0/s1. The van der Waals surface area contributed by atoms with Crippen molar-refractivity contribution in [3.05, 3.63) is 35.6 Å². The number of ether oxygens (including phenoxy) is 1. The second kappa shape index (κ2) is 7.44. The molecule has 0 spiro atoms. The summed E-state index contributed by atoms with van der Waals surface area (Å²) >= 11 is 5.80. The highest BCUT2D eigenvalue weighted by Crippen LogP contribution is 2.22. The average molecular weight is 348 g/mol. The SMILES string of the molecule is COc1ccnc(N2CCC[C@H](C(=O)Nc3ccc(Cl)cn3)C2)n1. The normalized spacial score (nSPS) is 17.4. The summed E-state index contributed by atoms with van der Waals surface area (Å²) in [7, 11) is 1.57. The van der Waals surface area contributed by atoms with E-state index in [1.165, 1.54) is 6.20 Å². The van der Waals surface area contributed by atoms with Gasteiger partial charge in [0.25, 0.3) is 0 Å². The molecule has 3 rings (SSSR count). The van der Waals surface area contributed by atoms with Gasteiger partial charge in [-0.2, -0.15) is 4.98 Å². The number of carbonyl (C=O) groups excluding carboxylic acids is 1. The molecule has 7 nitrogen and oxygen atoms in total. The van der Waals surface area contributed by atoms with E-state index in [0.29, 0.717) is 29.2 Å². The summed E-state index contributed by atoms with van der Waals surface area (Å²) in [6.07, 6.45) is 4.88. The van der Waals surface area contributed by atoms with Gasteiger partial charge in [0.15, 0.2) is 0 Å². The third kappa shape index (κ3) is 3.91. The molecule has 126 valence electrons. The Bertz CT molecular complexity index is 710. The number of amides is 1. The number of piperidine rings is 1. The Hall–Kier alpha value is -2.41. The third-order valence-corrected chi connectivity index (χ3v) is 4.10. The second-order valence-electron chi connectivity index (χ2n) is 5.54. The van der Waals surface area contributed by atoms with Crippen LogP contribution in [0.2, 0.25) is 5.02 Å². The topological polar surface area (TPSA) is 80.2 Å². The highest BCUT2D eigenvalue weighted by molar-refractivity contribution is 6.30. The fraction of sp³-hybridized carbons (Fsp3) is 0.375. The number of hydrogen-bond donors (Lipinski definition) is 1. The van der Waals surface area contributed by atoms with Gasteiger partial charge in [-0.3, -0.25) is 4.79 Å². The lowest BCUT2D eigenvalue weighted by Crippen LogP contribution is -2.41. The molecule has 1 amide bonds. The zero-order chi connectivity index (χ0) is 16.9. The van der Waals surface area contributed by atoms with Crippen LogP contribution in [0.4, 0.5) is 11.8 Å². The fourth-order valence-electron chi connectivity index (χ4n) is 2.65. The minimum atomic E-state index is -0.147. The second-order valence-corrected chi connectivity index (χ2v) is 5.97. The molecule has 1 aliphatic heterocycles. The van der Waals surface area contributed by atoms with Gasteiger partial charge in [-0.05, 0) is 25.0 Å². The molecule has 1 fully saturated rings. The van der Waals surface area contributed by atoms with Crippen LogP contribution in [0.3, 0.4) is 0 Å². The molecular weight excluding hydrogens is 330 g/mol. The Kier molecular flexibility index (Phi) is 5.10. The maximum atomic E-state index is 12.5. The van der Waals surface area contributed by atoms with Crippen LogP contribution in [0.15, 0.2) is 30.6 Å². The van der Waals surface area contributed by atoms with E-state index in [2.05, 4.69) is 20.3 Å². The molecule has 0 aromatic carbocycles. The van der Waals surface area contributed by atoms with Crippen LogP contribution in [0, 0.1) is 5.92 Å². The monoisotopic (exact) mass is 347 g/mol. The van der Waals surface area contributed by atoms with E-state index in [4.69, 9.17) is 16.3 Å². The van der Waals surface area contributed by atoms with Crippen LogP contribution in [0.1, 0.15) is 12.8 Å². The molecule has 0 bridgehead atoms. The van der Waals surface area contributed by atoms with Gasteiger partial charge >= 0.3 is 0 Å². The minimum Gasteiger partial charge on any atom is -0.481 e. The summed E-state index contributed by atoms with van der Waals surface area (Å²) < 4.78 is 5.13. The fourth-order valence-corrected chi connectivity index (χ4v) is 2.76. The third-order valence-electron chi connectivity index (χ3n) is 3.88. The highest BCUT2D eigenvalue weighted by atomic mass is 35.5. The smallest absolute Gasteiger partial charge is 0.230 e. The van der Waals surface area contributed by atoms with E-state index in [-0.39, 0.29) is 11.8 Å². The first-order chi connectivity index (χ1) is 11.7. The maximum Gasteiger partial charge on any atom is 0.230 e. The first kappa shape index (κ1) is 16.4. The number of nitrogens with one attached hydrogen (secondary N) is 1. The van der Waals surface area contributed by atoms with Gasteiger partial charge in [0.2, 0.25) is 17.7 Å². The van der Waals surface area contributed by atoms with Crippen LogP contribution < -0.4 is 15.0 Å². The predicted molar refractivity (Wildman–Crippen MR) is 91.4 cm³/mol. The van der Waals surface area contributed by atoms with E-state index in [9.17, 15) is 4.79 Å². The van der Waals surface area contributed by atoms with Crippen LogP contribution >= 0.6 is 11.6 Å². The molecule has 3 heterocycles. The molecule has 1 atom stereocenters. The van der Waals surface area contributed by atoms with Crippen molar-refractivity contribution in [2.75, 3.05) is 30.4 Å². The number of rotatable bonds is 4. The molecule has 0 unspecified atom stereocenters. The first-order valence-electron chi connectivity index (χ1n) is 7.70. The van der Waals surface area contributed by atoms with Crippen molar-refractivity contribution in [1.82, 2.24) is 15.0 Å². The van der Waals surface area contributed by atoms with Gasteiger partial charge in [0, 0.05) is 31.5 Å². The Morgan fingerprint density at radius 3 is 3.00 bits per heavy atom. The van der Waals surface area contributed by atoms with Gasteiger partial charge in [-0.25, -0.2) is 9.97 Å². The molecule has 1 aliphatic rings. The van der Waals surface area contributed by atoms with Crippen molar-refractivity contribution in [3.63, 3.8) is 0 Å². The Labute approximate surface area is 145 Å². The lowest BCUT2D eigenvalue weighted by molar-refractivity contribution is -0.120. The number of carbonyl (C=O) groups is 1. The molecule has 0 saturated carbocycles. The molecule has 2 aromatic rings. The number of nitrogens with zero attached hydrogens (tertiary/aromatic N) is 4. The van der Waals surface area contributed by atoms with Crippen molar-refractivity contribution in [1.29, 1.82) is 0 Å². The van der Waals surface area contributed by atoms with Crippen LogP contribution in [-0.2, 0) is 4.79 Å². The van der Waals surface area contributed by atoms with E-state index in [1.54, 1.807) is 31.5 Å². The number of hydrogen-bond acceptors (Lipinski definition) is 6. The summed E-state index contributed by atoms with van der Waals surface area (Å²) in [4.78, 5) is 27.2. The summed E-state index contributed by atoms with van der Waals surface area (Å²) in [6, 6.07) is 5.08. The largest absolute Gasteiger partial charge is 0.481 e. The quantitative estimate of drug-likeness (QED) is 0.914. The minimum absolute atomic E-state index is 0.0579. The molecule has 1 saturated heterocycles. The Morgan fingerprint density at radius 1 is 1.38 bits per heavy atom. The maximum absolute atomic E-state index is 12.5. The summed E-state index contributed by atoms with van der Waals surface area (Å²) in [5, 5.41) is 3.37. The van der Waals surface area contributed by atoms with Crippen molar-refractivity contribution in [3.8, 4) is 5.88 Å². The summed E-state index contributed by atoms with van der Waals surface area (Å²) in [5.74, 6) is 1.39. The molecule has 0 aliphatic carbocycles. The number of methoxy groups -OCH3 is 1. The number of halogens is 1. The molecule has 2 aromatic heterocycles. The van der Waals surface area contributed by atoms with Gasteiger partial charge in [-0.1, -0.05) is 11.6 Å². The lowest BCUT2D eigenvalue weighted by atomic mass is 9.97. The number of aromatic nitrogens is 3. The Balaban J connectivity index is 1.66. The van der Waals surface area contributed by atoms with E-state index < -0.39 is 0 Å². The van der Waals surface area contributed by atoms with Crippen LogP contribution in [0.25, 0.3) is 0 Å². The highest BCUT2D eigenvalue weighted by Gasteiger charge is 2.27. The van der Waals surface area contributed by atoms with Crippen molar-refractivity contribution < 1.29 is 9.53 Å². The zero-order valence-electron chi connectivity index (χ0n) is 13.3. The molecular formula is C16H18ClN5O2. The van der Waals surface area contributed by atoms with Crippen molar-refractivity contribution in [2.24, 2.45) is 5.92 Å². The molecule has 0 radical (unpaired) electrons. The predicted octanol–water partition coefficient (Wildman–Crippen LogP) is 2.39. The summed E-state index contributed by atoms with van der Waals surface area (Å²) in [6.45, 7) is 1.38. The number of pyridine rings is 1. The molecule has 24 heavy (non-hydrogen) atoms. The van der Waals surface area contributed by atoms with E-state index in [0.717, 1.165) is 19.4 Å². The van der Waals surface area contributed by atoms with Gasteiger partial charge in [0.1, 0.15) is 5.82 Å². The average Bonchev–Trinajstić information content (AvgIpc) is 2.64. The lowest BCUT2D eigenvalue weighted by Gasteiger charge is -2.31. The van der Waals surface area contributed by atoms with Crippen molar-refractivity contribution >= 4 is 29.3 Å².